The first-order valence-corrected chi connectivity index (χ1v) is 8.70. The zero-order valence-electron chi connectivity index (χ0n) is 14.8. The molecule has 0 N–H and O–H groups in total. The van der Waals surface area contributed by atoms with Crippen LogP contribution < -0.4 is 9.64 Å². The number of rotatable bonds is 3. The molecule has 1 amide bonds. The smallest absolute Gasteiger partial charge is 0.225 e. The summed E-state index contributed by atoms with van der Waals surface area (Å²) in [5, 5.41) is 0. The first-order valence-electron chi connectivity index (χ1n) is 8.70. The van der Waals surface area contributed by atoms with Gasteiger partial charge < -0.3 is 14.5 Å². The summed E-state index contributed by atoms with van der Waals surface area (Å²) in [4.78, 5) is 24.9. The van der Waals surface area contributed by atoms with E-state index in [1.54, 1.807) is 32.5 Å². The normalized spacial score (nSPS) is 24.7. The van der Waals surface area contributed by atoms with Gasteiger partial charge in [-0.15, -0.1) is 0 Å². The third-order valence-electron chi connectivity index (χ3n) is 5.39. The lowest BCUT2D eigenvalue weighted by Gasteiger charge is -2.29. The van der Waals surface area contributed by atoms with Gasteiger partial charge in [-0.2, -0.15) is 0 Å². The second-order valence-electron chi connectivity index (χ2n) is 6.92. The zero-order valence-corrected chi connectivity index (χ0v) is 14.8. The molecule has 0 saturated carbocycles. The lowest BCUT2D eigenvalue weighted by molar-refractivity contribution is -0.130. The number of benzene rings is 1. The molecule has 3 atom stereocenters. The third kappa shape index (κ3) is 2.87. The van der Waals surface area contributed by atoms with Gasteiger partial charge in [0.25, 0.3) is 0 Å². The second-order valence-corrected chi connectivity index (χ2v) is 6.92. The predicted molar refractivity (Wildman–Crippen MR) is 94.3 cm³/mol. The Hall–Kier alpha value is -2.70. The fourth-order valence-corrected chi connectivity index (χ4v) is 4.23. The molecule has 0 radical (unpaired) electrons. The molecule has 0 aliphatic carbocycles. The van der Waals surface area contributed by atoms with Gasteiger partial charge in [-0.1, -0.05) is 12.1 Å². The molecule has 0 bridgehead atoms. The van der Waals surface area contributed by atoms with E-state index in [4.69, 9.17) is 4.74 Å². The molecular weight excluding hydrogens is 335 g/mol. The fraction of sp³-hybridized carbons (Fsp3) is 0.421. The third-order valence-corrected chi connectivity index (χ3v) is 5.39. The predicted octanol–water partition coefficient (Wildman–Crippen LogP) is 2.28. The van der Waals surface area contributed by atoms with Crippen LogP contribution in [0.4, 0.5) is 10.3 Å². The number of halogens is 1. The molecule has 2 aliphatic rings. The number of fused-ring (bicyclic) bond motifs is 1. The van der Waals surface area contributed by atoms with Crippen LogP contribution in [0.2, 0.25) is 0 Å². The summed E-state index contributed by atoms with van der Waals surface area (Å²) in [5.41, 5.74) is 0.852. The fourth-order valence-electron chi connectivity index (χ4n) is 4.23. The van der Waals surface area contributed by atoms with Gasteiger partial charge in [0, 0.05) is 38.4 Å². The molecule has 2 saturated heterocycles. The number of likely N-dealkylation sites (tertiary alicyclic amines) is 1. The van der Waals surface area contributed by atoms with Crippen molar-refractivity contribution in [3.63, 3.8) is 0 Å². The molecule has 0 spiro atoms. The molecule has 3 heterocycles. The van der Waals surface area contributed by atoms with Crippen LogP contribution in [0.5, 0.6) is 5.75 Å². The highest BCUT2D eigenvalue weighted by Crippen LogP contribution is 2.45. The largest absolute Gasteiger partial charge is 0.494 e. The number of hydrogen-bond acceptors (Lipinski definition) is 5. The summed E-state index contributed by atoms with van der Waals surface area (Å²) in [5.74, 6) is 1.58. The van der Waals surface area contributed by atoms with Crippen molar-refractivity contribution in [3.05, 3.63) is 48.0 Å². The Kier molecular flexibility index (Phi) is 4.22. The van der Waals surface area contributed by atoms with Gasteiger partial charge in [0.15, 0.2) is 5.75 Å². The summed E-state index contributed by atoms with van der Waals surface area (Å²) < 4.78 is 18.9. The van der Waals surface area contributed by atoms with Gasteiger partial charge in [-0.25, -0.2) is 14.4 Å². The number of hydrogen-bond donors (Lipinski definition) is 0. The van der Waals surface area contributed by atoms with Gasteiger partial charge >= 0.3 is 0 Å². The van der Waals surface area contributed by atoms with E-state index in [0.29, 0.717) is 24.2 Å². The lowest BCUT2D eigenvalue weighted by atomic mass is 9.89. The van der Waals surface area contributed by atoms with Crippen molar-refractivity contribution >= 4 is 11.9 Å². The van der Waals surface area contributed by atoms with Gasteiger partial charge in [0.05, 0.1) is 25.5 Å². The Balaban J connectivity index is 1.60. The lowest BCUT2D eigenvalue weighted by Crippen LogP contribution is -2.34. The monoisotopic (exact) mass is 356 g/mol. The number of carbonyl (C=O) groups is 1. The van der Waals surface area contributed by atoms with Crippen LogP contribution in [0, 0.1) is 17.7 Å². The SMILES string of the molecule is COc1cnc(N2C[C@@H]3CN(C(C)=O)[C@H](c4cccc(F)c4)[C@@H]3C2)nc1. The molecule has 2 aromatic rings. The summed E-state index contributed by atoms with van der Waals surface area (Å²) >= 11 is 0. The van der Waals surface area contributed by atoms with Crippen molar-refractivity contribution in [1.29, 1.82) is 0 Å². The minimum absolute atomic E-state index is 0.0286. The molecular formula is C19H21FN4O2. The quantitative estimate of drug-likeness (QED) is 0.844. The number of methoxy groups -OCH3 is 1. The number of aromatic nitrogens is 2. The summed E-state index contributed by atoms with van der Waals surface area (Å²) in [7, 11) is 1.58. The standard InChI is InChI=1S/C19H21FN4O2/c1-12(25)24-10-14-9-23(19-21-7-16(26-2)8-22-19)11-17(14)18(24)13-4-3-5-15(20)6-13/h3-8,14,17-18H,9-11H2,1-2H3/t14-,17-,18-/m1/s1. The highest BCUT2D eigenvalue weighted by atomic mass is 19.1. The van der Waals surface area contributed by atoms with Crippen LogP contribution in [-0.2, 0) is 4.79 Å². The van der Waals surface area contributed by atoms with E-state index in [1.165, 1.54) is 12.1 Å². The maximum Gasteiger partial charge on any atom is 0.225 e. The number of carbonyl (C=O) groups excluding carboxylic acids is 1. The maximum absolute atomic E-state index is 13.8. The molecule has 0 unspecified atom stereocenters. The maximum atomic E-state index is 13.8. The summed E-state index contributed by atoms with van der Waals surface area (Å²) in [6.45, 7) is 3.78. The Labute approximate surface area is 151 Å². The van der Waals surface area contributed by atoms with Crippen LogP contribution in [0.1, 0.15) is 18.5 Å². The minimum Gasteiger partial charge on any atom is -0.494 e. The first-order chi connectivity index (χ1) is 12.6. The van der Waals surface area contributed by atoms with Crippen molar-refractivity contribution in [3.8, 4) is 5.75 Å². The first kappa shape index (κ1) is 16.8. The average Bonchev–Trinajstić information content (AvgIpc) is 3.19. The van der Waals surface area contributed by atoms with Crippen LogP contribution in [0.25, 0.3) is 0 Å². The molecule has 7 heteroatoms. The molecule has 2 fully saturated rings. The zero-order chi connectivity index (χ0) is 18.3. The van der Waals surface area contributed by atoms with E-state index in [2.05, 4.69) is 14.9 Å². The Morgan fingerprint density at radius 2 is 2.00 bits per heavy atom. The van der Waals surface area contributed by atoms with Crippen LogP contribution in [-0.4, -0.2) is 47.5 Å². The molecule has 1 aromatic heterocycles. The molecule has 1 aromatic carbocycles. The van der Waals surface area contributed by atoms with Crippen molar-refractivity contribution in [1.82, 2.24) is 14.9 Å². The Bertz CT molecular complexity index is 813. The van der Waals surface area contributed by atoms with E-state index >= 15 is 0 Å². The van der Waals surface area contributed by atoms with Gasteiger partial charge in [-0.05, 0) is 17.7 Å². The Morgan fingerprint density at radius 1 is 1.23 bits per heavy atom. The van der Waals surface area contributed by atoms with Crippen molar-refractivity contribution < 1.29 is 13.9 Å². The number of amides is 1. The van der Waals surface area contributed by atoms with E-state index in [9.17, 15) is 9.18 Å². The highest BCUT2D eigenvalue weighted by molar-refractivity contribution is 5.74. The second kappa shape index (κ2) is 6.55. The topological polar surface area (TPSA) is 58.6 Å². The summed E-state index contributed by atoms with van der Waals surface area (Å²) in [6.07, 6.45) is 3.31. The van der Waals surface area contributed by atoms with Gasteiger partial charge in [0.1, 0.15) is 5.82 Å². The van der Waals surface area contributed by atoms with E-state index in [0.717, 1.165) is 18.7 Å². The number of ether oxygens (including phenoxy) is 1. The highest BCUT2D eigenvalue weighted by Gasteiger charge is 2.49. The van der Waals surface area contributed by atoms with Crippen LogP contribution >= 0.6 is 0 Å². The Morgan fingerprint density at radius 3 is 2.65 bits per heavy atom. The molecule has 6 nitrogen and oxygen atoms in total. The van der Waals surface area contributed by atoms with Gasteiger partial charge in [-0.3, -0.25) is 4.79 Å². The number of nitrogens with zero attached hydrogens (tertiary/aromatic N) is 4. The van der Waals surface area contributed by atoms with Crippen LogP contribution in [0.15, 0.2) is 36.7 Å². The molecule has 4 rings (SSSR count). The minimum atomic E-state index is -0.275. The number of anilines is 1. The van der Waals surface area contributed by atoms with E-state index in [1.807, 2.05) is 11.0 Å². The summed E-state index contributed by atoms with van der Waals surface area (Å²) in [6, 6.07) is 6.46. The van der Waals surface area contributed by atoms with Crippen molar-refractivity contribution in [2.24, 2.45) is 11.8 Å². The molecule has 136 valence electrons. The molecule has 2 aliphatic heterocycles. The van der Waals surface area contributed by atoms with Crippen molar-refractivity contribution in [2.75, 3.05) is 31.6 Å². The van der Waals surface area contributed by atoms with Crippen LogP contribution in [0.3, 0.4) is 0 Å². The van der Waals surface area contributed by atoms with Gasteiger partial charge in [0.2, 0.25) is 11.9 Å². The average molecular weight is 356 g/mol. The molecule has 26 heavy (non-hydrogen) atoms. The van der Waals surface area contributed by atoms with E-state index in [-0.39, 0.29) is 23.7 Å². The van der Waals surface area contributed by atoms with Crippen molar-refractivity contribution in [2.45, 2.75) is 13.0 Å². The van der Waals surface area contributed by atoms with E-state index < -0.39 is 0 Å².